The van der Waals surface area contributed by atoms with Crippen molar-refractivity contribution in [3.63, 3.8) is 0 Å². The van der Waals surface area contributed by atoms with E-state index in [9.17, 15) is 14.9 Å². The van der Waals surface area contributed by atoms with E-state index in [-0.39, 0.29) is 5.69 Å². The van der Waals surface area contributed by atoms with Crippen LogP contribution in [0.15, 0.2) is 23.3 Å². The first kappa shape index (κ1) is 12.4. The number of ether oxygens (including phenoxy) is 2. The maximum atomic E-state index is 11.4. The van der Waals surface area contributed by atoms with Gasteiger partial charge in [0.25, 0.3) is 5.69 Å². The number of non-ortho nitro benzene ring substituents is 1. The highest BCUT2D eigenvalue weighted by Gasteiger charge is 2.25. The third-order valence-corrected chi connectivity index (χ3v) is 3.06. The molecule has 0 spiro atoms. The maximum Gasteiger partial charge on any atom is 0.430 e. The zero-order valence-corrected chi connectivity index (χ0v) is 10.4. The normalized spacial score (nSPS) is 19.5. The van der Waals surface area contributed by atoms with Crippen LogP contribution < -0.4 is 4.74 Å². The number of cyclic esters (lactones) is 1. The van der Waals surface area contributed by atoms with E-state index >= 15 is 0 Å². The second-order valence-electron chi connectivity index (χ2n) is 4.32. The number of fused-ring (bicyclic) bond motifs is 1. The molecule has 2 aliphatic rings. The lowest BCUT2D eigenvalue weighted by Gasteiger charge is -2.19. The molecule has 8 nitrogen and oxygen atoms in total. The number of nitro groups is 1. The van der Waals surface area contributed by atoms with Gasteiger partial charge in [-0.2, -0.15) is 10.1 Å². The van der Waals surface area contributed by atoms with Crippen LogP contribution in [0, 0.1) is 10.1 Å². The molecule has 2 heterocycles. The highest BCUT2D eigenvalue weighted by molar-refractivity contribution is 6.04. The first-order valence-corrected chi connectivity index (χ1v) is 6.08. The molecule has 0 radical (unpaired) electrons. The van der Waals surface area contributed by atoms with Crippen LogP contribution in [0.4, 0.5) is 10.5 Å². The third-order valence-electron chi connectivity index (χ3n) is 3.06. The molecule has 1 fully saturated rings. The number of nitro benzene ring substituents is 1. The van der Waals surface area contributed by atoms with Gasteiger partial charge in [-0.1, -0.05) is 0 Å². The predicted molar refractivity (Wildman–Crippen MR) is 67.8 cm³/mol. The topological polar surface area (TPSA) is 94.3 Å². The monoisotopic (exact) mass is 277 g/mol. The minimum atomic E-state index is -0.479. The Labute approximate surface area is 113 Å². The minimum absolute atomic E-state index is 0.0365. The lowest BCUT2D eigenvalue weighted by atomic mass is 10.0. The largest absolute Gasteiger partial charge is 0.492 e. The van der Waals surface area contributed by atoms with Gasteiger partial charge in [0.2, 0.25) is 0 Å². The second-order valence-corrected chi connectivity index (χ2v) is 4.32. The van der Waals surface area contributed by atoms with E-state index in [0.29, 0.717) is 43.2 Å². The summed E-state index contributed by atoms with van der Waals surface area (Å²) in [6.45, 7) is 1.10. The van der Waals surface area contributed by atoms with Crippen molar-refractivity contribution in [3.05, 3.63) is 33.9 Å². The second kappa shape index (κ2) is 4.80. The summed E-state index contributed by atoms with van der Waals surface area (Å²) in [7, 11) is 0. The van der Waals surface area contributed by atoms with Gasteiger partial charge in [0.05, 0.1) is 29.9 Å². The number of carbonyl (C=O) groups is 1. The van der Waals surface area contributed by atoms with Crippen LogP contribution >= 0.6 is 0 Å². The first-order chi connectivity index (χ1) is 9.65. The molecular weight excluding hydrogens is 266 g/mol. The number of hydrogen-bond acceptors (Lipinski definition) is 6. The molecule has 20 heavy (non-hydrogen) atoms. The Morgan fingerprint density at radius 1 is 1.30 bits per heavy atom. The van der Waals surface area contributed by atoms with Crippen LogP contribution in [0.2, 0.25) is 0 Å². The van der Waals surface area contributed by atoms with Gasteiger partial charge >= 0.3 is 6.09 Å². The van der Waals surface area contributed by atoms with Gasteiger partial charge in [-0.05, 0) is 6.07 Å². The molecule has 0 saturated carbocycles. The molecule has 0 unspecified atom stereocenters. The number of hydrazone groups is 1. The van der Waals surface area contributed by atoms with E-state index in [1.54, 1.807) is 6.07 Å². The van der Waals surface area contributed by atoms with E-state index in [0.717, 1.165) is 0 Å². The number of amides is 1. The highest BCUT2D eigenvalue weighted by Crippen LogP contribution is 2.29. The molecule has 0 N–H and O–H groups in total. The van der Waals surface area contributed by atoms with E-state index < -0.39 is 11.0 Å². The standard InChI is InChI=1S/C12H11N3O5/c16-12-14(4-6-20-12)13-10-3-5-19-11-7-8(15(17)18)1-2-9(10)11/h1-2,7H,3-6H2. The van der Waals surface area contributed by atoms with Gasteiger partial charge in [0, 0.05) is 18.1 Å². The summed E-state index contributed by atoms with van der Waals surface area (Å²) >= 11 is 0. The summed E-state index contributed by atoms with van der Waals surface area (Å²) < 4.78 is 10.2. The van der Waals surface area contributed by atoms with Crippen molar-refractivity contribution in [2.75, 3.05) is 19.8 Å². The zero-order valence-electron chi connectivity index (χ0n) is 10.4. The Bertz CT molecular complexity index is 613. The number of benzene rings is 1. The summed E-state index contributed by atoms with van der Waals surface area (Å²) in [4.78, 5) is 21.6. The summed E-state index contributed by atoms with van der Waals surface area (Å²) in [5.41, 5.74) is 1.30. The van der Waals surface area contributed by atoms with Gasteiger partial charge in [0.1, 0.15) is 12.4 Å². The lowest BCUT2D eigenvalue weighted by Crippen LogP contribution is -2.24. The molecule has 1 aromatic carbocycles. The maximum absolute atomic E-state index is 11.4. The van der Waals surface area contributed by atoms with Crippen LogP contribution in [0.5, 0.6) is 5.75 Å². The summed E-state index contributed by atoms with van der Waals surface area (Å²) in [6.07, 6.45) is 0.0571. The highest BCUT2D eigenvalue weighted by atomic mass is 16.6. The van der Waals surface area contributed by atoms with E-state index in [1.807, 2.05) is 0 Å². The fourth-order valence-corrected chi connectivity index (χ4v) is 2.10. The first-order valence-electron chi connectivity index (χ1n) is 6.08. The van der Waals surface area contributed by atoms with E-state index in [1.165, 1.54) is 17.1 Å². The van der Waals surface area contributed by atoms with Crippen molar-refractivity contribution >= 4 is 17.5 Å². The van der Waals surface area contributed by atoms with Crippen molar-refractivity contribution < 1.29 is 19.2 Å². The number of carbonyl (C=O) groups excluding carboxylic acids is 1. The Morgan fingerprint density at radius 2 is 2.15 bits per heavy atom. The van der Waals surface area contributed by atoms with Gasteiger partial charge in [-0.25, -0.2) is 4.79 Å². The number of rotatable bonds is 2. The Balaban J connectivity index is 1.95. The van der Waals surface area contributed by atoms with Crippen LogP contribution in [0.25, 0.3) is 0 Å². The van der Waals surface area contributed by atoms with Gasteiger partial charge in [0.15, 0.2) is 0 Å². The van der Waals surface area contributed by atoms with Gasteiger partial charge in [-0.3, -0.25) is 10.1 Å². The van der Waals surface area contributed by atoms with Gasteiger partial charge < -0.3 is 9.47 Å². The third kappa shape index (κ3) is 2.15. The van der Waals surface area contributed by atoms with Crippen LogP contribution in [-0.2, 0) is 4.74 Å². The van der Waals surface area contributed by atoms with Crippen molar-refractivity contribution in [1.29, 1.82) is 0 Å². The molecule has 0 aromatic heterocycles. The molecule has 0 atom stereocenters. The molecule has 1 aromatic rings. The smallest absolute Gasteiger partial charge is 0.430 e. The summed E-state index contributed by atoms with van der Waals surface area (Å²) in [5.74, 6) is 0.414. The van der Waals surface area contributed by atoms with Crippen molar-refractivity contribution in [1.82, 2.24) is 5.01 Å². The average Bonchev–Trinajstić information content (AvgIpc) is 2.84. The molecule has 8 heteroatoms. The summed E-state index contributed by atoms with van der Waals surface area (Å²) in [5, 5.41) is 16.3. The quantitative estimate of drug-likeness (QED) is 0.603. The Morgan fingerprint density at radius 3 is 2.85 bits per heavy atom. The Hall–Kier alpha value is -2.64. The molecular formula is C12H11N3O5. The number of hydrogen-bond donors (Lipinski definition) is 0. The molecule has 1 amide bonds. The zero-order chi connectivity index (χ0) is 14.1. The fraction of sp³-hybridized carbons (Fsp3) is 0.333. The SMILES string of the molecule is O=C1OCCN1N=C1CCOc2cc([N+](=O)[O-])ccc21. The molecule has 0 aliphatic carbocycles. The van der Waals surface area contributed by atoms with Crippen molar-refractivity contribution in [2.24, 2.45) is 5.10 Å². The fourth-order valence-electron chi connectivity index (χ4n) is 2.10. The molecule has 1 saturated heterocycles. The van der Waals surface area contributed by atoms with E-state index in [2.05, 4.69) is 5.10 Å². The predicted octanol–water partition coefficient (Wildman–Crippen LogP) is 1.53. The molecule has 0 bridgehead atoms. The van der Waals surface area contributed by atoms with Crippen LogP contribution in [0.3, 0.4) is 0 Å². The van der Waals surface area contributed by atoms with Gasteiger partial charge in [-0.15, -0.1) is 0 Å². The lowest BCUT2D eigenvalue weighted by molar-refractivity contribution is -0.384. The van der Waals surface area contributed by atoms with E-state index in [4.69, 9.17) is 9.47 Å². The molecule has 3 rings (SSSR count). The molecule has 2 aliphatic heterocycles. The van der Waals surface area contributed by atoms with Crippen LogP contribution in [0.1, 0.15) is 12.0 Å². The van der Waals surface area contributed by atoms with Crippen molar-refractivity contribution in [2.45, 2.75) is 6.42 Å². The summed E-state index contributed by atoms with van der Waals surface area (Å²) in [6, 6.07) is 4.35. The Kier molecular flexibility index (Phi) is 2.97. The average molecular weight is 277 g/mol. The van der Waals surface area contributed by atoms with Crippen molar-refractivity contribution in [3.8, 4) is 5.75 Å². The van der Waals surface area contributed by atoms with Crippen LogP contribution in [-0.4, -0.2) is 41.5 Å². The number of nitrogens with zero attached hydrogens (tertiary/aromatic N) is 3. The minimum Gasteiger partial charge on any atom is -0.492 e. The molecule has 104 valence electrons.